The van der Waals surface area contributed by atoms with Crippen LogP contribution in [0.2, 0.25) is 0 Å². The van der Waals surface area contributed by atoms with E-state index in [1.807, 2.05) is 26.8 Å². The molecule has 0 amide bonds. The van der Waals surface area contributed by atoms with Crippen LogP contribution in [0.1, 0.15) is 16.8 Å². The van der Waals surface area contributed by atoms with Crippen molar-refractivity contribution < 1.29 is 4.42 Å². The van der Waals surface area contributed by atoms with Crippen molar-refractivity contribution in [2.45, 2.75) is 20.8 Å². The quantitative estimate of drug-likeness (QED) is 0.641. The van der Waals surface area contributed by atoms with Crippen molar-refractivity contribution in [3.63, 3.8) is 0 Å². The molecule has 3 heteroatoms. The number of aryl methyl sites for hydroxylation is 3. The molecule has 0 spiro atoms. The van der Waals surface area contributed by atoms with Gasteiger partial charge in [-0.15, -0.1) is 0 Å². The zero-order chi connectivity index (χ0) is 12.2. The zero-order valence-corrected chi connectivity index (χ0v) is 10.0. The van der Waals surface area contributed by atoms with Gasteiger partial charge in [-0.2, -0.15) is 0 Å². The van der Waals surface area contributed by atoms with Crippen LogP contribution in [0, 0.1) is 20.8 Å². The Hall–Kier alpha value is -2.03. The van der Waals surface area contributed by atoms with Crippen molar-refractivity contribution in [3.05, 3.63) is 45.4 Å². The lowest BCUT2D eigenvalue weighted by Crippen LogP contribution is -2.03. The average molecular weight is 227 g/mol. The van der Waals surface area contributed by atoms with Crippen molar-refractivity contribution >= 4 is 21.9 Å². The third kappa shape index (κ3) is 1.32. The van der Waals surface area contributed by atoms with Gasteiger partial charge in [0.25, 0.3) is 0 Å². The molecule has 0 saturated carbocycles. The number of aromatic amines is 1. The van der Waals surface area contributed by atoms with Crippen LogP contribution in [-0.4, -0.2) is 4.98 Å². The van der Waals surface area contributed by atoms with Crippen LogP contribution in [0.4, 0.5) is 0 Å². The van der Waals surface area contributed by atoms with Crippen LogP contribution >= 0.6 is 0 Å². The molecule has 1 aromatic carbocycles. The summed E-state index contributed by atoms with van der Waals surface area (Å²) in [5.74, 6) is 0. The third-order valence-electron chi connectivity index (χ3n) is 3.15. The number of hydrogen-bond donors (Lipinski definition) is 1. The van der Waals surface area contributed by atoms with Gasteiger partial charge in [0.05, 0.1) is 11.8 Å². The van der Waals surface area contributed by atoms with E-state index in [4.69, 9.17) is 4.42 Å². The smallest absolute Gasteiger partial charge is 0.189 e. The number of benzene rings is 1. The standard InChI is InChI=1S/C14H13NO2/c1-7-4-10-11(16)5-9(3)15-13(10)12-8(2)6-17-14(7)12/h4-6H,1-3H3,(H,15,16). The molecule has 0 bridgehead atoms. The van der Waals surface area contributed by atoms with Gasteiger partial charge < -0.3 is 9.40 Å². The summed E-state index contributed by atoms with van der Waals surface area (Å²) in [6.45, 7) is 5.84. The Balaban J connectivity index is 2.72. The molecule has 0 aliphatic carbocycles. The highest BCUT2D eigenvalue weighted by Crippen LogP contribution is 2.29. The molecular formula is C14H13NO2. The topological polar surface area (TPSA) is 46.0 Å². The van der Waals surface area contributed by atoms with Crippen molar-refractivity contribution in [1.82, 2.24) is 4.98 Å². The minimum atomic E-state index is 0.0573. The summed E-state index contributed by atoms with van der Waals surface area (Å²) < 4.78 is 5.55. The predicted molar refractivity (Wildman–Crippen MR) is 68.6 cm³/mol. The Morgan fingerprint density at radius 1 is 1.12 bits per heavy atom. The van der Waals surface area contributed by atoms with Crippen molar-refractivity contribution in [2.75, 3.05) is 0 Å². The number of nitrogens with one attached hydrogen (secondary N) is 1. The van der Waals surface area contributed by atoms with Gasteiger partial charge in [-0.1, -0.05) is 0 Å². The van der Waals surface area contributed by atoms with Gasteiger partial charge in [0.1, 0.15) is 5.58 Å². The molecular weight excluding hydrogens is 214 g/mol. The van der Waals surface area contributed by atoms with E-state index in [-0.39, 0.29) is 5.43 Å². The van der Waals surface area contributed by atoms with E-state index >= 15 is 0 Å². The second kappa shape index (κ2) is 3.23. The predicted octanol–water partition coefficient (Wildman–Crippen LogP) is 3.20. The molecule has 86 valence electrons. The highest BCUT2D eigenvalue weighted by molar-refractivity contribution is 6.06. The summed E-state index contributed by atoms with van der Waals surface area (Å²) in [5, 5.41) is 1.74. The van der Waals surface area contributed by atoms with Gasteiger partial charge >= 0.3 is 0 Å². The number of pyridine rings is 1. The normalized spacial score (nSPS) is 11.5. The fourth-order valence-corrected chi connectivity index (χ4v) is 2.37. The van der Waals surface area contributed by atoms with Crippen LogP contribution in [0.3, 0.4) is 0 Å². The van der Waals surface area contributed by atoms with Crippen molar-refractivity contribution in [1.29, 1.82) is 0 Å². The molecule has 1 N–H and O–H groups in total. The Morgan fingerprint density at radius 3 is 2.65 bits per heavy atom. The van der Waals surface area contributed by atoms with Crippen LogP contribution < -0.4 is 5.43 Å². The van der Waals surface area contributed by atoms with Gasteiger partial charge in [-0.3, -0.25) is 4.79 Å². The molecule has 3 aromatic rings. The van der Waals surface area contributed by atoms with Crippen LogP contribution in [0.25, 0.3) is 21.9 Å². The fraction of sp³-hybridized carbons (Fsp3) is 0.214. The molecule has 0 aliphatic rings. The third-order valence-corrected chi connectivity index (χ3v) is 3.15. The molecule has 0 fully saturated rings. The first-order valence-electron chi connectivity index (χ1n) is 5.59. The molecule has 0 unspecified atom stereocenters. The molecule has 17 heavy (non-hydrogen) atoms. The molecule has 2 aromatic heterocycles. The van der Waals surface area contributed by atoms with Gasteiger partial charge in [0, 0.05) is 22.5 Å². The second-order valence-corrected chi connectivity index (χ2v) is 4.56. The highest BCUT2D eigenvalue weighted by Gasteiger charge is 2.12. The Labute approximate surface area is 98.1 Å². The Morgan fingerprint density at radius 2 is 1.88 bits per heavy atom. The monoisotopic (exact) mass is 227 g/mol. The van der Waals surface area contributed by atoms with Crippen molar-refractivity contribution in [3.8, 4) is 0 Å². The molecule has 2 heterocycles. The van der Waals surface area contributed by atoms with E-state index in [2.05, 4.69) is 4.98 Å². The number of hydrogen-bond acceptors (Lipinski definition) is 2. The van der Waals surface area contributed by atoms with Crippen LogP contribution in [0.15, 0.2) is 27.6 Å². The summed E-state index contributed by atoms with van der Waals surface area (Å²) in [6.07, 6.45) is 1.73. The first-order valence-corrected chi connectivity index (χ1v) is 5.59. The summed E-state index contributed by atoms with van der Waals surface area (Å²) in [6, 6.07) is 3.52. The minimum absolute atomic E-state index is 0.0573. The lowest BCUT2D eigenvalue weighted by Gasteiger charge is -2.04. The summed E-state index contributed by atoms with van der Waals surface area (Å²) in [4.78, 5) is 15.2. The molecule has 0 aliphatic heterocycles. The number of fused-ring (bicyclic) bond motifs is 3. The molecule has 3 nitrogen and oxygen atoms in total. The van der Waals surface area contributed by atoms with Crippen LogP contribution in [-0.2, 0) is 0 Å². The van der Waals surface area contributed by atoms with Gasteiger partial charge in [-0.25, -0.2) is 0 Å². The van der Waals surface area contributed by atoms with Gasteiger partial charge in [0.2, 0.25) is 0 Å². The molecule has 0 atom stereocenters. The molecule has 0 saturated heterocycles. The fourth-order valence-electron chi connectivity index (χ4n) is 2.37. The summed E-state index contributed by atoms with van der Waals surface area (Å²) in [7, 11) is 0. The number of aromatic nitrogens is 1. The van der Waals surface area contributed by atoms with E-state index in [0.717, 1.165) is 38.7 Å². The van der Waals surface area contributed by atoms with Gasteiger partial charge in [-0.05, 0) is 38.0 Å². The summed E-state index contributed by atoms with van der Waals surface area (Å²) in [5.41, 5.74) is 4.71. The van der Waals surface area contributed by atoms with Crippen molar-refractivity contribution in [2.24, 2.45) is 0 Å². The maximum atomic E-state index is 12.0. The maximum Gasteiger partial charge on any atom is 0.189 e. The Bertz CT molecular complexity index is 793. The van der Waals surface area contributed by atoms with E-state index in [1.165, 1.54) is 0 Å². The first kappa shape index (κ1) is 10.1. The first-order chi connectivity index (χ1) is 8.08. The number of H-pyrrole nitrogens is 1. The zero-order valence-electron chi connectivity index (χ0n) is 10.0. The second-order valence-electron chi connectivity index (χ2n) is 4.56. The highest BCUT2D eigenvalue weighted by atomic mass is 16.3. The van der Waals surface area contributed by atoms with E-state index in [1.54, 1.807) is 12.3 Å². The Kier molecular flexibility index (Phi) is 1.93. The molecule has 0 radical (unpaired) electrons. The SMILES string of the molecule is Cc1cc(=O)c2cc(C)c3occ(C)c3c2[nH]1. The van der Waals surface area contributed by atoms with Gasteiger partial charge in [0.15, 0.2) is 5.43 Å². The van der Waals surface area contributed by atoms with Crippen LogP contribution in [0.5, 0.6) is 0 Å². The maximum absolute atomic E-state index is 12.0. The van der Waals surface area contributed by atoms with E-state index in [0.29, 0.717) is 0 Å². The largest absolute Gasteiger partial charge is 0.464 e. The van der Waals surface area contributed by atoms with E-state index in [9.17, 15) is 4.79 Å². The van der Waals surface area contributed by atoms with E-state index < -0.39 is 0 Å². The number of furan rings is 1. The molecule has 3 rings (SSSR count). The minimum Gasteiger partial charge on any atom is -0.464 e. The lowest BCUT2D eigenvalue weighted by atomic mass is 10.0. The lowest BCUT2D eigenvalue weighted by molar-refractivity contribution is 0.610. The average Bonchev–Trinajstić information content (AvgIpc) is 2.64. The number of rotatable bonds is 0. The summed E-state index contributed by atoms with van der Waals surface area (Å²) >= 11 is 0.